The van der Waals surface area contributed by atoms with E-state index in [1.807, 2.05) is 0 Å². The number of benzene rings is 1. The minimum Gasteiger partial charge on any atom is -0.399 e. The van der Waals surface area contributed by atoms with Crippen molar-refractivity contribution in [3.63, 3.8) is 0 Å². The van der Waals surface area contributed by atoms with E-state index >= 15 is 0 Å². The smallest absolute Gasteiger partial charge is 0.269 e. The standard InChI is InChI=1S/C11H13F2N3O/c12-10(13)11(6-17-5-9(15)16-11)7-2-1-3-8(14)4-7/h1-4,10H,5-6,14H2,(H2,15,16). The molecular weight excluding hydrogens is 228 g/mol. The minimum absolute atomic E-state index is 0.0685. The molecule has 1 aromatic carbocycles. The van der Waals surface area contributed by atoms with Crippen molar-refractivity contribution in [2.24, 2.45) is 10.7 Å². The number of hydrogen-bond acceptors (Lipinski definition) is 4. The molecule has 1 unspecified atom stereocenters. The number of alkyl halides is 2. The summed E-state index contributed by atoms with van der Waals surface area (Å²) in [5.74, 6) is 0.0685. The lowest BCUT2D eigenvalue weighted by molar-refractivity contribution is -0.0129. The number of halogens is 2. The number of rotatable bonds is 2. The van der Waals surface area contributed by atoms with Crippen LogP contribution in [0.1, 0.15) is 5.56 Å². The van der Waals surface area contributed by atoms with Gasteiger partial charge in [-0.3, -0.25) is 4.99 Å². The van der Waals surface area contributed by atoms with Crippen LogP contribution < -0.4 is 11.5 Å². The van der Waals surface area contributed by atoms with Crippen LogP contribution in [0.3, 0.4) is 0 Å². The lowest BCUT2D eigenvalue weighted by atomic mass is 9.90. The Bertz CT molecular complexity index is 450. The van der Waals surface area contributed by atoms with Crippen LogP contribution in [0.5, 0.6) is 0 Å². The Morgan fingerprint density at radius 2 is 2.12 bits per heavy atom. The maximum atomic E-state index is 13.3. The van der Waals surface area contributed by atoms with E-state index in [0.717, 1.165) is 0 Å². The molecule has 0 bridgehead atoms. The highest BCUT2D eigenvalue weighted by molar-refractivity contribution is 5.82. The van der Waals surface area contributed by atoms with Crippen LogP contribution in [0.2, 0.25) is 0 Å². The predicted molar refractivity (Wildman–Crippen MR) is 61.0 cm³/mol. The monoisotopic (exact) mass is 241 g/mol. The number of anilines is 1. The van der Waals surface area contributed by atoms with Crippen LogP contribution in [0.4, 0.5) is 14.5 Å². The fraction of sp³-hybridized carbons (Fsp3) is 0.364. The maximum Gasteiger partial charge on any atom is 0.269 e. The summed E-state index contributed by atoms with van der Waals surface area (Å²) >= 11 is 0. The zero-order valence-corrected chi connectivity index (χ0v) is 9.07. The summed E-state index contributed by atoms with van der Waals surface area (Å²) in [6.45, 7) is -0.119. The highest BCUT2D eigenvalue weighted by Gasteiger charge is 2.44. The first-order valence-electron chi connectivity index (χ1n) is 5.11. The number of amidine groups is 1. The maximum absolute atomic E-state index is 13.3. The third-order valence-corrected chi connectivity index (χ3v) is 2.66. The molecule has 4 N–H and O–H groups in total. The van der Waals surface area contributed by atoms with Crippen molar-refractivity contribution < 1.29 is 13.5 Å². The number of aliphatic imine (C=N–C) groups is 1. The number of hydrogen-bond donors (Lipinski definition) is 2. The van der Waals surface area contributed by atoms with Crippen LogP contribution >= 0.6 is 0 Å². The lowest BCUT2D eigenvalue weighted by Crippen LogP contribution is -2.44. The highest BCUT2D eigenvalue weighted by Crippen LogP contribution is 2.35. The summed E-state index contributed by atoms with van der Waals surface area (Å²) in [7, 11) is 0. The highest BCUT2D eigenvalue weighted by atomic mass is 19.3. The minimum atomic E-state index is -2.71. The second-order valence-corrected chi connectivity index (χ2v) is 3.95. The van der Waals surface area contributed by atoms with Gasteiger partial charge in [0.25, 0.3) is 6.43 Å². The van der Waals surface area contributed by atoms with E-state index in [9.17, 15) is 8.78 Å². The lowest BCUT2D eigenvalue weighted by Gasteiger charge is -2.33. The van der Waals surface area contributed by atoms with Gasteiger partial charge in [-0.2, -0.15) is 0 Å². The SMILES string of the molecule is NC1=NC(c2cccc(N)c2)(C(F)F)COC1. The van der Waals surface area contributed by atoms with Crippen molar-refractivity contribution in [3.05, 3.63) is 29.8 Å². The van der Waals surface area contributed by atoms with E-state index in [-0.39, 0.29) is 19.0 Å². The molecule has 1 heterocycles. The van der Waals surface area contributed by atoms with Crippen LogP contribution in [-0.2, 0) is 10.3 Å². The van der Waals surface area contributed by atoms with Gasteiger partial charge in [0, 0.05) is 5.69 Å². The summed E-state index contributed by atoms with van der Waals surface area (Å²) in [5.41, 5.74) is 10.1. The number of nitrogens with zero attached hydrogens (tertiary/aromatic N) is 1. The molecule has 6 heteroatoms. The zero-order valence-electron chi connectivity index (χ0n) is 9.07. The molecule has 1 aliphatic rings. The average Bonchev–Trinajstić information content (AvgIpc) is 2.28. The fourth-order valence-corrected chi connectivity index (χ4v) is 1.83. The predicted octanol–water partition coefficient (Wildman–Crippen LogP) is 1.12. The van der Waals surface area contributed by atoms with E-state index in [1.54, 1.807) is 18.2 Å². The van der Waals surface area contributed by atoms with E-state index < -0.39 is 12.0 Å². The Morgan fingerprint density at radius 1 is 1.35 bits per heavy atom. The summed E-state index contributed by atoms with van der Waals surface area (Å²) in [4.78, 5) is 3.89. The first-order valence-corrected chi connectivity index (χ1v) is 5.11. The molecule has 0 saturated carbocycles. The van der Waals surface area contributed by atoms with Crippen LogP contribution in [0.15, 0.2) is 29.3 Å². The normalized spacial score (nSPS) is 24.8. The van der Waals surface area contributed by atoms with Gasteiger partial charge in [0.05, 0.1) is 6.61 Å². The Hall–Kier alpha value is -1.69. The molecule has 0 aliphatic carbocycles. The summed E-state index contributed by atoms with van der Waals surface area (Å²) in [6.07, 6.45) is -2.71. The van der Waals surface area contributed by atoms with Crippen molar-refractivity contribution in [3.8, 4) is 0 Å². The van der Waals surface area contributed by atoms with Gasteiger partial charge in [-0.25, -0.2) is 8.78 Å². The Labute approximate surface area is 97.3 Å². The molecule has 1 aromatic rings. The molecule has 0 saturated heterocycles. The molecule has 92 valence electrons. The molecule has 2 rings (SSSR count). The molecule has 0 radical (unpaired) electrons. The average molecular weight is 241 g/mol. The molecule has 0 amide bonds. The molecule has 0 spiro atoms. The van der Waals surface area contributed by atoms with Gasteiger partial charge in [-0.1, -0.05) is 12.1 Å². The van der Waals surface area contributed by atoms with Crippen molar-refractivity contribution in [2.75, 3.05) is 18.9 Å². The molecule has 0 fully saturated rings. The first-order chi connectivity index (χ1) is 8.04. The van der Waals surface area contributed by atoms with Gasteiger partial charge in [0.15, 0.2) is 5.54 Å². The fourth-order valence-electron chi connectivity index (χ4n) is 1.83. The Morgan fingerprint density at radius 3 is 2.71 bits per heavy atom. The van der Waals surface area contributed by atoms with Crippen molar-refractivity contribution >= 4 is 11.5 Å². The number of nitrogens with two attached hydrogens (primary N) is 2. The number of nitrogen functional groups attached to an aromatic ring is 1. The van der Waals surface area contributed by atoms with E-state index in [0.29, 0.717) is 11.3 Å². The van der Waals surface area contributed by atoms with Gasteiger partial charge in [-0.15, -0.1) is 0 Å². The summed E-state index contributed by atoms with van der Waals surface area (Å²) in [5, 5.41) is 0. The molecule has 1 atom stereocenters. The number of ether oxygens (including phenoxy) is 1. The van der Waals surface area contributed by atoms with E-state index in [1.165, 1.54) is 6.07 Å². The Balaban J connectivity index is 2.52. The van der Waals surface area contributed by atoms with Crippen molar-refractivity contribution in [2.45, 2.75) is 12.0 Å². The van der Waals surface area contributed by atoms with Gasteiger partial charge < -0.3 is 16.2 Å². The molecular formula is C11H13F2N3O. The topological polar surface area (TPSA) is 73.6 Å². The van der Waals surface area contributed by atoms with Gasteiger partial charge in [-0.05, 0) is 17.7 Å². The summed E-state index contributed by atoms with van der Waals surface area (Å²) < 4.78 is 31.6. The quantitative estimate of drug-likeness (QED) is 0.762. The second kappa shape index (κ2) is 4.29. The first kappa shape index (κ1) is 11.8. The van der Waals surface area contributed by atoms with Gasteiger partial charge >= 0.3 is 0 Å². The van der Waals surface area contributed by atoms with Crippen LogP contribution in [0.25, 0.3) is 0 Å². The van der Waals surface area contributed by atoms with Gasteiger partial charge in [0.1, 0.15) is 12.4 Å². The second-order valence-electron chi connectivity index (χ2n) is 3.95. The molecule has 1 aliphatic heterocycles. The van der Waals surface area contributed by atoms with Crippen molar-refractivity contribution in [1.29, 1.82) is 0 Å². The zero-order chi connectivity index (χ0) is 12.5. The van der Waals surface area contributed by atoms with E-state index in [4.69, 9.17) is 16.2 Å². The Kier molecular flexibility index (Phi) is 2.97. The van der Waals surface area contributed by atoms with Crippen molar-refractivity contribution in [1.82, 2.24) is 0 Å². The summed E-state index contributed by atoms with van der Waals surface area (Å²) in [6, 6.07) is 6.25. The largest absolute Gasteiger partial charge is 0.399 e. The van der Waals surface area contributed by atoms with Crippen LogP contribution in [-0.4, -0.2) is 25.5 Å². The third-order valence-electron chi connectivity index (χ3n) is 2.66. The molecule has 4 nitrogen and oxygen atoms in total. The van der Waals surface area contributed by atoms with E-state index in [2.05, 4.69) is 4.99 Å². The molecule has 0 aromatic heterocycles. The molecule has 17 heavy (non-hydrogen) atoms. The van der Waals surface area contributed by atoms with Crippen LogP contribution in [0, 0.1) is 0 Å². The van der Waals surface area contributed by atoms with Gasteiger partial charge in [0.2, 0.25) is 0 Å². The third kappa shape index (κ3) is 2.08.